The van der Waals surface area contributed by atoms with Crippen molar-refractivity contribution in [3.63, 3.8) is 0 Å². The van der Waals surface area contributed by atoms with Crippen molar-refractivity contribution in [3.8, 4) is 6.07 Å². The molecule has 0 amide bonds. The lowest BCUT2D eigenvalue weighted by atomic mass is 10.2. The van der Waals surface area contributed by atoms with Gasteiger partial charge in [0.25, 0.3) is 0 Å². The number of hydrogen-bond donors (Lipinski definition) is 2. The number of aliphatic hydroxyl groups is 2. The number of nitriles is 1. The Morgan fingerprint density at radius 2 is 1.94 bits per heavy atom. The first-order valence-electron chi connectivity index (χ1n) is 4.92. The Morgan fingerprint density at radius 3 is 2.44 bits per heavy atom. The average molecular weight is 283 g/mol. The number of rotatable bonds is 1. The van der Waals surface area contributed by atoms with Crippen molar-refractivity contribution in [2.45, 2.75) is 12.2 Å². The fraction of sp³-hybridized carbons (Fsp3) is 0.364. The summed E-state index contributed by atoms with van der Waals surface area (Å²) in [6.07, 6.45) is -1.41. The lowest BCUT2D eigenvalue weighted by molar-refractivity contribution is 0.0572. The Balaban J connectivity index is 2.26. The first-order chi connectivity index (χ1) is 7.61. The first kappa shape index (κ1) is 11.4. The molecule has 1 heterocycles. The zero-order valence-corrected chi connectivity index (χ0v) is 10.1. The molecule has 5 heteroatoms. The quantitative estimate of drug-likeness (QED) is 0.802. The van der Waals surface area contributed by atoms with E-state index in [9.17, 15) is 10.2 Å². The van der Waals surface area contributed by atoms with Crippen LogP contribution in [-0.4, -0.2) is 35.5 Å². The molecule has 84 valence electrons. The van der Waals surface area contributed by atoms with Crippen LogP contribution in [0.1, 0.15) is 5.56 Å². The number of β-amino-alcohol motifs (C(OH)–C–C–N with tert-alkyl or cyclic N) is 2. The lowest BCUT2D eigenvalue weighted by Gasteiger charge is -2.19. The highest BCUT2D eigenvalue weighted by molar-refractivity contribution is 9.10. The van der Waals surface area contributed by atoms with Crippen LogP contribution in [0.3, 0.4) is 0 Å². The highest BCUT2D eigenvalue weighted by atomic mass is 79.9. The van der Waals surface area contributed by atoms with Gasteiger partial charge in [-0.2, -0.15) is 5.26 Å². The van der Waals surface area contributed by atoms with Crippen molar-refractivity contribution in [1.82, 2.24) is 0 Å². The molecule has 2 unspecified atom stereocenters. The minimum absolute atomic E-state index is 0.408. The summed E-state index contributed by atoms with van der Waals surface area (Å²) in [5, 5.41) is 27.7. The van der Waals surface area contributed by atoms with Crippen LogP contribution in [0.15, 0.2) is 22.7 Å². The van der Waals surface area contributed by atoms with E-state index in [-0.39, 0.29) is 0 Å². The van der Waals surface area contributed by atoms with Crippen LogP contribution in [0.4, 0.5) is 5.69 Å². The fourth-order valence-electron chi connectivity index (χ4n) is 1.80. The summed E-state index contributed by atoms with van der Waals surface area (Å²) in [6.45, 7) is 0.817. The monoisotopic (exact) mass is 282 g/mol. The molecule has 1 aromatic carbocycles. The van der Waals surface area contributed by atoms with E-state index in [1.807, 2.05) is 11.0 Å². The van der Waals surface area contributed by atoms with E-state index >= 15 is 0 Å². The summed E-state index contributed by atoms with van der Waals surface area (Å²) in [5.74, 6) is 0. The Bertz CT molecular complexity index is 434. The van der Waals surface area contributed by atoms with Crippen LogP contribution >= 0.6 is 15.9 Å². The first-order valence-corrected chi connectivity index (χ1v) is 5.72. The maximum Gasteiger partial charge on any atom is 0.0992 e. The number of nitrogens with zero attached hydrogens (tertiary/aromatic N) is 2. The Kier molecular flexibility index (Phi) is 3.15. The van der Waals surface area contributed by atoms with Crippen LogP contribution < -0.4 is 4.90 Å². The lowest BCUT2D eigenvalue weighted by Crippen LogP contribution is -2.22. The van der Waals surface area contributed by atoms with Crippen molar-refractivity contribution < 1.29 is 10.2 Å². The molecule has 2 atom stereocenters. The van der Waals surface area contributed by atoms with E-state index in [1.165, 1.54) is 0 Å². The van der Waals surface area contributed by atoms with Gasteiger partial charge < -0.3 is 15.1 Å². The molecule has 1 fully saturated rings. The van der Waals surface area contributed by atoms with Gasteiger partial charge in [-0.15, -0.1) is 0 Å². The van der Waals surface area contributed by atoms with Gasteiger partial charge in [0.1, 0.15) is 0 Å². The molecular weight excluding hydrogens is 272 g/mol. The summed E-state index contributed by atoms with van der Waals surface area (Å²) in [5.41, 5.74) is 1.46. The van der Waals surface area contributed by atoms with Gasteiger partial charge in [0.05, 0.1) is 29.5 Å². The van der Waals surface area contributed by atoms with Gasteiger partial charge in [0, 0.05) is 17.6 Å². The number of halogens is 1. The van der Waals surface area contributed by atoms with Gasteiger partial charge in [0.15, 0.2) is 0 Å². The normalized spacial score (nSPS) is 24.5. The second-order valence-electron chi connectivity index (χ2n) is 3.82. The van der Waals surface area contributed by atoms with Crippen LogP contribution in [0.25, 0.3) is 0 Å². The highest BCUT2D eigenvalue weighted by Crippen LogP contribution is 2.29. The molecule has 1 saturated heterocycles. The molecule has 0 aliphatic carbocycles. The molecule has 0 aromatic heterocycles. The topological polar surface area (TPSA) is 67.5 Å². The predicted molar refractivity (Wildman–Crippen MR) is 63.1 cm³/mol. The Hall–Kier alpha value is -1.09. The molecule has 0 spiro atoms. The zero-order chi connectivity index (χ0) is 11.7. The van der Waals surface area contributed by atoms with E-state index in [4.69, 9.17) is 5.26 Å². The van der Waals surface area contributed by atoms with Gasteiger partial charge in [-0.05, 0) is 34.1 Å². The molecule has 0 bridgehead atoms. The smallest absolute Gasteiger partial charge is 0.0992 e. The molecule has 0 radical (unpaired) electrons. The summed E-state index contributed by atoms with van der Waals surface area (Å²) < 4.78 is 0.799. The molecule has 16 heavy (non-hydrogen) atoms. The number of anilines is 1. The van der Waals surface area contributed by atoms with E-state index < -0.39 is 12.2 Å². The number of hydrogen-bond acceptors (Lipinski definition) is 4. The SMILES string of the molecule is N#Cc1ccc(N2CC(O)C(O)C2)c(Br)c1. The molecule has 2 N–H and O–H groups in total. The van der Waals surface area contributed by atoms with E-state index in [0.717, 1.165) is 10.2 Å². The largest absolute Gasteiger partial charge is 0.389 e. The zero-order valence-electron chi connectivity index (χ0n) is 8.47. The maximum absolute atomic E-state index is 9.46. The maximum atomic E-state index is 9.46. The van der Waals surface area contributed by atoms with Crippen molar-refractivity contribution >= 4 is 21.6 Å². The second kappa shape index (κ2) is 4.42. The second-order valence-corrected chi connectivity index (χ2v) is 4.67. The number of aliphatic hydroxyl groups excluding tert-OH is 2. The van der Waals surface area contributed by atoms with Crippen molar-refractivity contribution in [3.05, 3.63) is 28.2 Å². The highest BCUT2D eigenvalue weighted by Gasteiger charge is 2.30. The Morgan fingerprint density at radius 1 is 1.31 bits per heavy atom. The third-order valence-corrected chi connectivity index (χ3v) is 3.31. The molecule has 1 aliphatic rings. The minimum Gasteiger partial charge on any atom is -0.389 e. The molecule has 1 aromatic rings. The van der Waals surface area contributed by atoms with Gasteiger partial charge in [0.2, 0.25) is 0 Å². The predicted octanol–water partition coefficient (Wildman–Crippen LogP) is 0.863. The molecule has 4 nitrogen and oxygen atoms in total. The van der Waals surface area contributed by atoms with E-state index in [1.54, 1.807) is 12.1 Å². The van der Waals surface area contributed by atoms with Gasteiger partial charge >= 0.3 is 0 Å². The van der Waals surface area contributed by atoms with Crippen molar-refractivity contribution in [2.24, 2.45) is 0 Å². The average Bonchev–Trinajstić information content (AvgIpc) is 2.58. The Labute approximate surface area is 102 Å². The minimum atomic E-state index is -0.706. The van der Waals surface area contributed by atoms with Crippen molar-refractivity contribution in [2.75, 3.05) is 18.0 Å². The summed E-state index contributed by atoms with van der Waals surface area (Å²) in [6, 6.07) is 7.32. The molecular formula is C11H11BrN2O2. The van der Waals surface area contributed by atoms with Gasteiger partial charge in [-0.1, -0.05) is 0 Å². The van der Waals surface area contributed by atoms with Crippen LogP contribution in [0, 0.1) is 11.3 Å². The standard InChI is InChI=1S/C11H11BrN2O2/c12-8-3-7(4-13)1-2-9(8)14-5-10(15)11(16)6-14/h1-3,10-11,15-16H,5-6H2. The third-order valence-electron chi connectivity index (χ3n) is 2.68. The molecule has 2 rings (SSSR count). The van der Waals surface area contributed by atoms with Gasteiger partial charge in [-0.3, -0.25) is 0 Å². The van der Waals surface area contributed by atoms with E-state index in [2.05, 4.69) is 22.0 Å². The number of benzene rings is 1. The van der Waals surface area contributed by atoms with Gasteiger partial charge in [-0.25, -0.2) is 0 Å². The third kappa shape index (κ3) is 2.05. The van der Waals surface area contributed by atoms with Crippen LogP contribution in [0.5, 0.6) is 0 Å². The summed E-state index contributed by atoms with van der Waals surface area (Å²) in [4.78, 5) is 1.89. The van der Waals surface area contributed by atoms with Crippen LogP contribution in [-0.2, 0) is 0 Å². The summed E-state index contributed by atoms with van der Waals surface area (Å²) >= 11 is 3.38. The molecule has 1 aliphatic heterocycles. The summed E-state index contributed by atoms with van der Waals surface area (Å²) in [7, 11) is 0. The van der Waals surface area contributed by atoms with E-state index in [0.29, 0.717) is 18.7 Å². The molecule has 0 saturated carbocycles. The fourth-order valence-corrected chi connectivity index (χ4v) is 2.43. The van der Waals surface area contributed by atoms with Crippen LogP contribution in [0.2, 0.25) is 0 Å². The van der Waals surface area contributed by atoms with Crippen molar-refractivity contribution in [1.29, 1.82) is 5.26 Å².